The predicted molar refractivity (Wildman–Crippen MR) is 129 cm³/mol. The summed E-state index contributed by atoms with van der Waals surface area (Å²) < 4.78 is 35.7. The van der Waals surface area contributed by atoms with E-state index in [0.717, 1.165) is 5.56 Å². The number of ether oxygens (including phenoxy) is 2. The zero-order valence-corrected chi connectivity index (χ0v) is 20.5. The van der Waals surface area contributed by atoms with Gasteiger partial charge in [0.25, 0.3) is 0 Å². The molecule has 3 rings (SSSR count). The monoisotopic (exact) mass is 491 g/mol. The van der Waals surface area contributed by atoms with Crippen molar-refractivity contribution in [2.24, 2.45) is 5.14 Å². The molecule has 1 aromatic carbocycles. The number of nitrogens with two attached hydrogens (primary N) is 1. The van der Waals surface area contributed by atoms with E-state index in [1.165, 1.54) is 0 Å². The van der Waals surface area contributed by atoms with Gasteiger partial charge in [-0.15, -0.1) is 11.8 Å². The van der Waals surface area contributed by atoms with Gasteiger partial charge in [-0.1, -0.05) is 38.1 Å². The van der Waals surface area contributed by atoms with Gasteiger partial charge in [0.2, 0.25) is 10.0 Å². The molecule has 0 saturated heterocycles. The van der Waals surface area contributed by atoms with Crippen LogP contribution in [-0.2, 0) is 25.9 Å². The Morgan fingerprint density at radius 1 is 1.21 bits per heavy atom. The van der Waals surface area contributed by atoms with E-state index < -0.39 is 14.8 Å². The second-order valence-electron chi connectivity index (χ2n) is 7.75. The molecule has 1 aromatic heterocycles. The van der Waals surface area contributed by atoms with E-state index >= 15 is 0 Å². The normalized spacial score (nSPS) is 18.9. The third-order valence-corrected chi connectivity index (χ3v) is 7.56. The molecule has 1 aliphatic rings. The van der Waals surface area contributed by atoms with Gasteiger partial charge in [-0.3, -0.25) is 0 Å². The van der Waals surface area contributed by atoms with Crippen molar-refractivity contribution in [1.29, 1.82) is 0 Å². The van der Waals surface area contributed by atoms with Gasteiger partial charge in [-0.05, 0) is 24.1 Å². The first-order valence-corrected chi connectivity index (χ1v) is 12.9. The lowest BCUT2D eigenvalue weighted by atomic mass is 9.84. The van der Waals surface area contributed by atoms with E-state index in [1.54, 1.807) is 43.4 Å². The summed E-state index contributed by atoms with van der Waals surface area (Å²) in [5.41, 5.74) is 1.51. The highest BCUT2D eigenvalue weighted by Gasteiger charge is 2.46. The number of hydrogen-bond donors (Lipinski definition) is 2. The van der Waals surface area contributed by atoms with Crippen molar-refractivity contribution in [3.63, 3.8) is 0 Å². The zero-order valence-electron chi connectivity index (χ0n) is 18.9. The standard InChI is InChI=1S/C23H29N3O5S2/c1-16(2)32-23(22-25-11-6-12-26-22)10-9-20(33(24,28)29)21(31-14-13-27)18(23)15-17-7-4-5-8-19(17)30-3/h4-9,11-12,16,27H,10,13-15H2,1-3H3,(H2,24,28,29). The molecule has 33 heavy (non-hydrogen) atoms. The lowest BCUT2D eigenvalue weighted by Crippen LogP contribution is -2.36. The van der Waals surface area contributed by atoms with E-state index in [0.29, 0.717) is 30.0 Å². The Kier molecular flexibility index (Phi) is 8.17. The summed E-state index contributed by atoms with van der Waals surface area (Å²) in [7, 11) is -2.51. The number of para-hydroxylation sites is 1. The van der Waals surface area contributed by atoms with E-state index in [4.69, 9.17) is 14.6 Å². The number of aromatic nitrogens is 2. The van der Waals surface area contributed by atoms with Gasteiger partial charge in [0, 0.05) is 29.6 Å². The minimum absolute atomic E-state index is 0.0876. The molecule has 1 aliphatic carbocycles. The molecule has 178 valence electrons. The molecule has 0 aliphatic heterocycles. The number of aliphatic hydroxyl groups is 1. The number of benzene rings is 1. The second kappa shape index (κ2) is 10.7. The summed E-state index contributed by atoms with van der Waals surface area (Å²) >= 11 is 1.62. The maximum atomic E-state index is 12.5. The molecule has 3 N–H and O–H groups in total. The minimum atomic E-state index is -4.09. The van der Waals surface area contributed by atoms with Crippen LogP contribution < -0.4 is 9.88 Å². The first kappa shape index (κ1) is 25.2. The van der Waals surface area contributed by atoms with Crippen LogP contribution in [0, 0.1) is 0 Å². The van der Waals surface area contributed by atoms with Gasteiger partial charge in [-0.2, -0.15) is 0 Å². The van der Waals surface area contributed by atoms with E-state index in [9.17, 15) is 13.5 Å². The van der Waals surface area contributed by atoms with Gasteiger partial charge >= 0.3 is 0 Å². The molecule has 1 atom stereocenters. The minimum Gasteiger partial charge on any atom is -0.496 e. The molecular weight excluding hydrogens is 462 g/mol. The molecule has 0 amide bonds. The van der Waals surface area contributed by atoms with Gasteiger partial charge in [-0.25, -0.2) is 23.5 Å². The van der Waals surface area contributed by atoms with Crippen molar-refractivity contribution in [3.05, 3.63) is 76.4 Å². The predicted octanol–water partition coefficient (Wildman–Crippen LogP) is 2.90. The summed E-state index contributed by atoms with van der Waals surface area (Å²) in [6.07, 6.45) is 5.52. The maximum Gasteiger partial charge on any atom is 0.241 e. The molecule has 10 heteroatoms. The number of rotatable bonds is 10. The Balaban J connectivity index is 2.34. The average molecular weight is 492 g/mol. The Morgan fingerprint density at radius 3 is 2.52 bits per heavy atom. The Labute approximate surface area is 199 Å². The van der Waals surface area contributed by atoms with Crippen LogP contribution in [-0.4, -0.2) is 49.1 Å². The second-order valence-corrected chi connectivity index (χ2v) is 11.2. The van der Waals surface area contributed by atoms with Crippen LogP contribution in [0.25, 0.3) is 0 Å². The van der Waals surface area contributed by atoms with Crippen LogP contribution in [0.15, 0.2) is 65.0 Å². The first-order chi connectivity index (χ1) is 15.7. The summed E-state index contributed by atoms with van der Waals surface area (Å²) in [6, 6.07) is 9.26. The Hall–Kier alpha value is -2.40. The van der Waals surface area contributed by atoms with Crippen LogP contribution in [0.4, 0.5) is 0 Å². The van der Waals surface area contributed by atoms with Gasteiger partial charge in [0.1, 0.15) is 33.6 Å². The maximum absolute atomic E-state index is 12.5. The van der Waals surface area contributed by atoms with Crippen molar-refractivity contribution in [2.75, 3.05) is 20.3 Å². The van der Waals surface area contributed by atoms with Crippen LogP contribution >= 0.6 is 11.8 Å². The zero-order chi connectivity index (χ0) is 24.1. The number of aliphatic hydroxyl groups excluding tert-OH is 1. The smallest absolute Gasteiger partial charge is 0.241 e. The molecule has 2 aromatic rings. The first-order valence-electron chi connectivity index (χ1n) is 10.5. The van der Waals surface area contributed by atoms with E-state index in [-0.39, 0.29) is 29.1 Å². The third kappa shape index (κ3) is 5.57. The number of thioether (sulfide) groups is 1. The number of hydrogen-bond acceptors (Lipinski definition) is 8. The quantitative estimate of drug-likeness (QED) is 0.520. The number of primary sulfonamides is 1. The van der Waals surface area contributed by atoms with E-state index in [2.05, 4.69) is 23.8 Å². The summed E-state index contributed by atoms with van der Waals surface area (Å²) in [4.78, 5) is 9.00. The van der Waals surface area contributed by atoms with Crippen molar-refractivity contribution in [1.82, 2.24) is 9.97 Å². The summed E-state index contributed by atoms with van der Waals surface area (Å²) in [5.74, 6) is 1.34. The van der Waals surface area contributed by atoms with Crippen LogP contribution in [0.3, 0.4) is 0 Å². The van der Waals surface area contributed by atoms with Crippen LogP contribution in [0.1, 0.15) is 31.7 Å². The highest BCUT2D eigenvalue weighted by atomic mass is 32.2. The van der Waals surface area contributed by atoms with Crippen molar-refractivity contribution in [3.8, 4) is 5.75 Å². The van der Waals surface area contributed by atoms with Crippen LogP contribution in [0.5, 0.6) is 5.75 Å². The number of nitrogens with zero attached hydrogens (tertiary/aromatic N) is 2. The number of sulfonamides is 1. The van der Waals surface area contributed by atoms with Crippen molar-refractivity contribution >= 4 is 21.8 Å². The molecule has 0 bridgehead atoms. The molecular formula is C23H29N3O5S2. The largest absolute Gasteiger partial charge is 0.496 e. The number of methoxy groups -OCH3 is 1. The summed E-state index contributed by atoms with van der Waals surface area (Å²) in [5, 5.41) is 15.2. The summed E-state index contributed by atoms with van der Waals surface area (Å²) in [6.45, 7) is 3.75. The SMILES string of the molecule is COc1ccccc1CC1=C(OCCO)C(S(N)(=O)=O)=CCC1(SC(C)C)c1ncccn1. The van der Waals surface area contributed by atoms with Gasteiger partial charge < -0.3 is 14.6 Å². The van der Waals surface area contributed by atoms with Crippen molar-refractivity contribution < 1.29 is 23.0 Å². The van der Waals surface area contributed by atoms with Gasteiger partial charge in [0.05, 0.1) is 13.7 Å². The van der Waals surface area contributed by atoms with Crippen LogP contribution in [0.2, 0.25) is 0 Å². The fraction of sp³-hybridized carbons (Fsp3) is 0.391. The molecule has 8 nitrogen and oxygen atoms in total. The average Bonchev–Trinajstić information content (AvgIpc) is 2.78. The number of allylic oxidation sites excluding steroid dienone is 1. The Bertz CT molecular complexity index is 1130. The Morgan fingerprint density at radius 2 is 1.91 bits per heavy atom. The fourth-order valence-electron chi connectivity index (χ4n) is 3.91. The molecule has 1 heterocycles. The molecule has 1 unspecified atom stereocenters. The molecule has 0 radical (unpaired) electrons. The topological polar surface area (TPSA) is 125 Å². The molecule has 0 fully saturated rings. The highest BCUT2D eigenvalue weighted by Crippen LogP contribution is 2.53. The molecule has 0 saturated carbocycles. The highest BCUT2D eigenvalue weighted by molar-refractivity contribution is 8.01. The van der Waals surface area contributed by atoms with E-state index in [1.807, 2.05) is 24.3 Å². The molecule has 0 spiro atoms. The van der Waals surface area contributed by atoms with Crippen molar-refractivity contribution in [2.45, 2.75) is 36.7 Å². The lowest BCUT2D eigenvalue weighted by molar-refractivity contribution is 0.146. The lowest BCUT2D eigenvalue weighted by Gasteiger charge is -2.39. The van der Waals surface area contributed by atoms with Gasteiger partial charge in [0.15, 0.2) is 0 Å². The fourth-order valence-corrected chi connectivity index (χ4v) is 6.16. The third-order valence-electron chi connectivity index (χ3n) is 5.13.